The summed E-state index contributed by atoms with van der Waals surface area (Å²) < 4.78 is 0. The summed E-state index contributed by atoms with van der Waals surface area (Å²) >= 11 is 0. The molecule has 2 aromatic rings. The molecule has 2 aliphatic heterocycles. The van der Waals surface area contributed by atoms with Crippen molar-refractivity contribution in [3.63, 3.8) is 0 Å². The summed E-state index contributed by atoms with van der Waals surface area (Å²) in [4.78, 5) is 21.4. The highest BCUT2D eigenvalue weighted by molar-refractivity contribution is 6.08. The Hall–Kier alpha value is -2.46. The van der Waals surface area contributed by atoms with E-state index in [1.54, 1.807) is 6.34 Å². The predicted octanol–water partition coefficient (Wildman–Crippen LogP) is 3.40. The van der Waals surface area contributed by atoms with E-state index in [0.717, 1.165) is 38.2 Å². The summed E-state index contributed by atoms with van der Waals surface area (Å²) in [5.41, 5.74) is 3.09. The summed E-state index contributed by atoms with van der Waals surface area (Å²) in [6.07, 6.45) is 3.36. The van der Waals surface area contributed by atoms with Gasteiger partial charge >= 0.3 is 0 Å². The first-order valence-corrected chi connectivity index (χ1v) is 8.89. The van der Waals surface area contributed by atoms with Crippen molar-refractivity contribution in [2.75, 3.05) is 18.0 Å². The van der Waals surface area contributed by atoms with Gasteiger partial charge in [0.05, 0.1) is 6.34 Å². The maximum atomic E-state index is 12.7. The summed E-state index contributed by atoms with van der Waals surface area (Å²) in [5, 5.41) is 0. The average Bonchev–Trinajstić information content (AvgIpc) is 2.95. The SMILES string of the molecule is Cc1ccccc1N1C=NC(=O)C12CCN(Cc1ccccc1)CC2. The summed E-state index contributed by atoms with van der Waals surface area (Å²) in [7, 11) is 0. The molecular weight excluding hydrogens is 310 g/mol. The van der Waals surface area contributed by atoms with E-state index in [4.69, 9.17) is 0 Å². The largest absolute Gasteiger partial charge is 0.317 e. The lowest BCUT2D eigenvalue weighted by Crippen LogP contribution is -2.56. The van der Waals surface area contributed by atoms with Gasteiger partial charge in [-0.3, -0.25) is 9.69 Å². The molecule has 0 N–H and O–H groups in total. The van der Waals surface area contributed by atoms with Crippen molar-refractivity contribution in [3.8, 4) is 0 Å². The molecular formula is C21H23N3O. The lowest BCUT2D eigenvalue weighted by Gasteiger charge is -2.43. The van der Waals surface area contributed by atoms with Crippen LogP contribution in [0, 0.1) is 6.92 Å². The Balaban J connectivity index is 1.52. The second-order valence-corrected chi connectivity index (χ2v) is 7.00. The van der Waals surface area contributed by atoms with Crippen LogP contribution < -0.4 is 4.90 Å². The fourth-order valence-corrected chi connectivity index (χ4v) is 3.95. The minimum absolute atomic E-state index is 0.00936. The van der Waals surface area contributed by atoms with E-state index in [1.165, 1.54) is 11.1 Å². The molecule has 2 heterocycles. The van der Waals surface area contributed by atoms with Gasteiger partial charge in [-0.25, -0.2) is 4.99 Å². The number of para-hydroxylation sites is 1. The zero-order valence-electron chi connectivity index (χ0n) is 14.6. The maximum absolute atomic E-state index is 12.7. The first kappa shape index (κ1) is 16.0. The number of carbonyl (C=O) groups is 1. The van der Waals surface area contributed by atoms with Crippen molar-refractivity contribution in [3.05, 3.63) is 65.7 Å². The molecule has 2 aliphatic rings. The minimum atomic E-state index is -0.501. The van der Waals surface area contributed by atoms with Crippen LogP contribution in [-0.2, 0) is 11.3 Å². The number of likely N-dealkylation sites (tertiary alicyclic amines) is 1. The molecule has 128 valence electrons. The molecule has 4 rings (SSSR count). The quantitative estimate of drug-likeness (QED) is 0.864. The Labute approximate surface area is 148 Å². The number of carbonyl (C=O) groups excluding carboxylic acids is 1. The number of nitrogens with zero attached hydrogens (tertiary/aromatic N) is 3. The lowest BCUT2D eigenvalue weighted by atomic mass is 9.85. The number of rotatable bonds is 3. The van der Waals surface area contributed by atoms with Gasteiger partial charge in [0.1, 0.15) is 5.54 Å². The van der Waals surface area contributed by atoms with E-state index in [-0.39, 0.29) is 5.91 Å². The molecule has 0 saturated carbocycles. The number of aryl methyl sites for hydroxylation is 1. The summed E-state index contributed by atoms with van der Waals surface area (Å²) in [5.74, 6) is 0.00936. The third-order valence-electron chi connectivity index (χ3n) is 5.46. The monoisotopic (exact) mass is 333 g/mol. The Morgan fingerprint density at radius 1 is 1.00 bits per heavy atom. The summed E-state index contributed by atoms with van der Waals surface area (Å²) in [6.45, 7) is 4.85. The number of anilines is 1. The Kier molecular flexibility index (Phi) is 4.14. The predicted molar refractivity (Wildman–Crippen MR) is 101 cm³/mol. The molecule has 0 radical (unpaired) electrons. The molecule has 0 bridgehead atoms. The highest BCUT2D eigenvalue weighted by Gasteiger charge is 2.49. The third kappa shape index (κ3) is 2.87. The fourth-order valence-electron chi connectivity index (χ4n) is 3.95. The first-order chi connectivity index (χ1) is 12.2. The van der Waals surface area contributed by atoms with Crippen molar-refractivity contribution < 1.29 is 4.79 Å². The summed E-state index contributed by atoms with van der Waals surface area (Å²) in [6, 6.07) is 18.7. The topological polar surface area (TPSA) is 35.9 Å². The van der Waals surface area contributed by atoms with Crippen molar-refractivity contribution in [1.29, 1.82) is 0 Å². The fraction of sp³-hybridized carbons (Fsp3) is 0.333. The maximum Gasteiger partial charge on any atom is 0.273 e. The number of benzene rings is 2. The van der Waals surface area contributed by atoms with E-state index in [0.29, 0.717) is 0 Å². The van der Waals surface area contributed by atoms with Crippen LogP contribution in [0.25, 0.3) is 0 Å². The number of aliphatic imine (C=N–C) groups is 1. The van der Waals surface area contributed by atoms with Crippen LogP contribution in [0.4, 0.5) is 5.69 Å². The third-order valence-corrected chi connectivity index (χ3v) is 5.46. The van der Waals surface area contributed by atoms with Gasteiger partial charge in [-0.05, 0) is 37.0 Å². The van der Waals surface area contributed by atoms with Crippen LogP contribution >= 0.6 is 0 Å². The van der Waals surface area contributed by atoms with Gasteiger partial charge < -0.3 is 4.90 Å². The van der Waals surface area contributed by atoms with Crippen LogP contribution in [0.2, 0.25) is 0 Å². The highest BCUT2D eigenvalue weighted by atomic mass is 16.2. The first-order valence-electron chi connectivity index (χ1n) is 8.89. The van der Waals surface area contributed by atoms with Gasteiger partial charge in [0.15, 0.2) is 0 Å². The zero-order valence-corrected chi connectivity index (χ0v) is 14.6. The Morgan fingerprint density at radius 3 is 2.40 bits per heavy atom. The van der Waals surface area contributed by atoms with E-state index >= 15 is 0 Å². The van der Waals surface area contributed by atoms with Gasteiger partial charge in [-0.15, -0.1) is 0 Å². The molecule has 0 aromatic heterocycles. The van der Waals surface area contributed by atoms with Gasteiger partial charge in [-0.2, -0.15) is 0 Å². The molecule has 2 aromatic carbocycles. The van der Waals surface area contributed by atoms with Crippen LogP contribution in [0.5, 0.6) is 0 Å². The lowest BCUT2D eigenvalue weighted by molar-refractivity contribution is -0.123. The standard InChI is InChI=1S/C21H23N3O/c1-17-7-5-6-10-19(17)24-16-22-20(25)21(24)11-13-23(14-12-21)15-18-8-3-2-4-9-18/h2-10,16H,11-15H2,1H3. The van der Waals surface area contributed by atoms with E-state index in [1.807, 2.05) is 18.2 Å². The van der Waals surface area contributed by atoms with Gasteiger partial charge in [-0.1, -0.05) is 48.5 Å². The minimum Gasteiger partial charge on any atom is -0.317 e. The zero-order chi connectivity index (χ0) is 17.3. The molecule has 0 aliphatic carbocycles. The molecule has 1 fully saturated rings. The Bertz CT molecular complexity index is 792. The van der Waals surface area contributed by atoms with Crippen LogP contribution in [0.3, 0.4) is 0 Å². The Morgan fingerprint density at radius 2 is 1.68 bits per heavy atom. The van der Waals surface area contributed by atoms with Gasteiger partial charge in [0, 0.05) is 25.3 Å². The van der Waals surface area contributed by atoms with Crippen molar-refractivity contribution >= 4 is 17.9 Å². The average molecular weight is 333 g/mol. The van der Waals surface area contributed by atoms with Crippen molar-refractivity contribution in [1.82, 2.24) is 4.90 Å². The molecule has 1 spiro atoms. The van der Waals surface area contributed by atoms with Crippen molar-refractivity contribution in [2.45, 2.75) is 31.8 Å². The van der Waals surface area contributed by atoms with Crippen LogP contribution in [0.15, 0.2) is 59.6 Å². The van der Waals surface area contributed by atoms with E-state index in [9.17, 15) is 4.79 Å². The van der Waals surface area contributed by atoms with Crippen LogP contribution in [-0.4, -0.2) is 35.8 Å². The molecule has 0 unspecified atom stereocenters. The molecule has 1 amide bonds. The molecule has 4 heteroatoms. The second kappa shape index (κ2) is 6.45. The number of hydrogen-bond donors (Lipinski definition) is 0. The second-order valence-electron chi connectivity index (χ2n) is 7.00. The molecule has 0 atom stereocenters. The molecule has 25 heavy (non-hydrogen) atoms. The normalized spacial score (nSPS) is 19.7. The molecule has 1 saturated heterocycles. The smallest absolute Gasteiger partial charge is 0.273 e. The van der Waals surface area contributed by atoms with Gasteiger partial charge in [0.25, 0.3) is 5.91 Å². The van der Waals surface area contributed by atoms with Gasteiger partial charge in [0.2, 0.25) is 0 Å². The van der Waals surface area contributed by atoms with E-state index in [2.05, 4.69) is 58.1 Å². The van der Waals surface area contributed by atoms with E-state index < -0.39 is 5.54 Å². The van der Waals surface area contributed by atoms with Crippen molar-refractivity contribution in [2.24, 2.45) is 4.99 Å². The number of piperidine rings is 1. The van der Waals surface area contributed by atoms with Crippen LogP contribution in [0.1, 0.15) is 24.0 Å². The number of amides is 1. The molecule has 4 nitrogen and oxygen atoms in total. The highest BCUT2D eigenvalue weighted by Crippen LogP contribution is 2.38. The number of hydrogen-bond acceptors (Lipinski definition) is 3.